The summed E-state index contributed by atoms with van der Waals surface area (Å²) in [5, 5.41) is 14.6. The average Bonchev–Trinajstić information content (AvgIpc) is 3.54. The fourth-order valence-corrected chi connectivity index (χ4v) is 6.86. The molecule has 5 rings (SSSR count). The zero-order valence-electron chi connectivity index (χ0n) is 19.1. The molecule has 34 heavy (non-hydrogen) atoms. The number of likely N-dealkylation sites (tertiary alicyclic amines) is 3. The topological polar surface area (TPSA) is 154 Å². The van der Waals surface area contributed by atoms with Gasteiger partial charge < -0.3 is 15.5 Å². The minimum atomic E-state index is -3.77. The molecule has 3 heterocycles. The molecule has 182 valence electrons. The Hall–Kier alpha value is -2.52. The molecule has 0 radical (unpaired) electrons. The van der Waals surface area contributed by atoms with Crippen LogP contribution < -0.4 is 10.9 Å². The molecule has 10 nitrogen and oxygen atoms in total. The first-order chi connectivity index (χ1) is 16.1. The fraction of sp³-hybridized carbons (Fsp3) is 0.609. The van der Waals surface area contributed by atoms with Crippen molar-refractivity contribution >= 4 is 21.8 Å². The quantitative estimate of drug-likeness (QED) is 0.579. The molecular weight excluding hydrogens is 456 g/mol. The van der Waals surface area contributed by atoms with Crippen molar-refractivity contribution in [2.24, 2.45) is 16.8 Å². The van der Waals surface area contributed by atoms with E-state index in [0.717, 1.165) is 17.5 Å². The summed E-state index contributed by atoms with van der Waals surface area (Å²) in [5.41, 5.74) is 8.16. The summed E-state index contributed by atoms with van der Waals surface area (Å²) in [6.45, 7) is 3.50. The number of amides is 2. The summed E-state index contributed by atoms with van der Waals surface area (Å²) in [7, 11) is -3.77. The average molecular weight is 487 g/mol. The molecular formula is C23H30N6O4S. The van der Waals surface area contributed by atoms with E-state index in [9.17, 15) is 23.3 Å². The number of rotatable bonds is 5. The van der Waals surface area contributed by atoms with Gasteiger partial charge in [-0.15, -0.1) is 0 Å². The van der Waals surface area contributed by atoms with Crippen LogP contribution in [-0.4, -0.2) is 78.7 Å². The molecule has 2 bridgehead atoms. The van der Waals surface area contributed by atoms with Crippen molar-refractivity contribution in [2.75, 3.05) is 19.6 Å². The number of primary sulfonamides is 1. The van der Waals surface area contributed by atoms with Crippen LogP contribution in [0.15, 0.2) is 23.1 Å². The number of carbonyl (C=O) groups excluding carboxylic acids is 2. The number of nitrogens with zero attached hydrogens (tertiary/aromatic N) is 4. The largest absolute Gasteiger partial charge is 0.330 e. The molecule has 1 aromatic rings. The standard InChI is InChI=1S/C23H30N6O4S/c1-13-6-15(9-24)28(10-13)22(30)19(25)12-27-11-16-8-21(27)23(31)29(16)20-5-2-14-7-17(34(26,32)33)3-4-18(14)20/h3-4,7,13,15-16,19-21H,2,5-6,8,10-12,25H2,1H3,(H2,26,32,33)/t13?,15?,16-,19?,20-,21?/m0/s1. The zero-order chi connectivity index (χ0) is 24.4. The van der Waals surface area contributed by atoms with Crippen LogP contribution in [0.25, 0.3) is 0 Å². The molecule has 1 aliphatic carbocycles. The smallest absolute Gasteiger partial charge is 0.241 e. The van der Waals surface area contributed by atoms with Gasteiger partial charge in [-0.05, 0) is 54.9 Å². The Kier molecular flexibility index (Phi) is 5.67. The van der Waals surface area contributed by atoms with Crippen LogP contribution in [0.2, 0.25) is 0 Å². The summed E-state index contributed by atoms with van der Waals surface area (Å²) >= 11 is 0. The number of benzene rings is 1. The maximum atomic E-state index is 13.3. The lowest BCUT2D eigenvalue weighted by Gasteiger charge is -2.38. The van der Waals surface area contributed by atoms with Crippen LogP contribution in [0, 0.1) is 17.2 Å². The molecule has 0 aromatic heterocycles. The lowest BCUT2D eigenvalue weighted by Crippen LogP contribution is -2.56. The van der Waals surface area contributed by atoms with Crippen molar-refractivity contribution in [3.05, 3.63) is 29.3 Å². The van der Waals surface area contributed by atoms with Gasteiger partial charge in [-0.3, -0.25) is 14.5 Å². The van der Waals surface area contributed by atoms with Gasteiger partial charge >= 0.3 is 0 Å². The van der Waals surface area contributed by atoms with Gasteiger partial charge in [0.1, 0.15) is 6.04 Å². The maximum Gasteiger partial charge on any atom is 0.241 e. The highest BCUT2D eigenvalue weighted by Gasteiger charge is 2.53. The van der Waals surface area contributed by atoms with E-state index >= 15 is 0 Å². The summed E-state index contributed by atoms with van der Waals surface area (Å²) in [4.78, 5) is 31.9. The summed E-state index contributed by atoms with van der Waals surface area (Å²) in [5.74, 6) is 0.0846. The van der Waals surface area contributed by atoms with E-state index in [-0.39, 0.29) is 40.8 Å². The first-order valence-corrected chi connectivity index (χ1v) is 13.3. The predicted molar refractivity (Wildman–Crippen MR) is 122 cm³/mol. The SMILES string of the molecule is CC1CC(C#N)N(C(=O)C(N)CN2C[C@@H]3CC2C(=O)N3[C@H]2CCc3cc(S(N)(=O)=O)ccc32)C1. The Balaban J connectivity index is 1.26. The van der Waals surface area contributed by atoms with Crippen LogP contribution in [0.3, 0.4) is 0 Å². The molecule has 4 N–H and O–H groups in total. The molecule has 4 unspecified atom stereocenters. The van der Waals surface area contributed by atoms with E-state index in [1.807, 2.05) is 16.7 Å². The Morgan fingerprint density at radius 1 is 1.26 bits per heavy atom. The zero-order valence-corrected chi connectivity index (χ0v) is 19.9. The normalized spacial score (nSPS) is 31.7. The number of nitrogens with two attached hydrogens (primary N) is 2. The van der Waals surface area contributed by atoms with Crippen molar-refractivity contribution < 1.29 is 18.0 Å². The predicted octanol–water partition coefficient (Wildman–Crippen LogP) is -0.306. The third kappa shape index (κ3) is 3.79. The van der Waals surface area contributed by atoms with E-state index in [1.165, 1.54) is 6.07 Å². The number of fused-ring (bicyclic) bond motifs is 3. The monoisotopic (exact) mass is 486 g/mol. The van der Waals surface area contributed by atoms with Crippen molar-refractivity contribution in [1.29, 1.82) is 5.26 Å². The minimum absolute atomic E-state index is 0.0346. The van der Waals surface area contributed by atoms with Crippen LogP contribution in [0.5, 0.6) is 0 Å². The van der Waals surface area contributed by atoms with Gasteiger partial charge in [-0.25, -0.2) is 13.6 Å². The number of carbonyl (C=O) groups is 2. The highest BCUT2D eigenvalue weighted by atomic mass is 32.2. The van der Waals surface area contributed by atoms with Gasteiger partial charge in [0.05, 0.1) is 29.1 Å². The van der Waals surface area contributed by atoms with Gasteiger partial charge in [0.15, 0.2) is 0 Å². The van der Waals surface area contributed by atoms with Gasteiger partial charge in [-0.2, -0.15) is 5.26 Å². The second-order valence-electron chi connectivity index (χ2n) is 10.1. The van der Waals surface area contributed by atoms with Crippen molar-refractivity contribution in [3.63, 3.8) is 0 Å². The van der Waals surface area contributed by atoms with Crippen LogP contribution in [0.1, 0.15) is 43.4 Å². The van der Waals surface area contributed by atoms with Crippen LogP contribution in [0.4, 0.5) is 0 Å². The van der Waals surface area contributed by atoms with Crippen LogP contribution >= 0.6 is 0 Å². The molecule has 3 aliphatic heterocycles. The van der Waals surface area contributed by atoms with E-state index in [4.69, 9.17) is 10.9 Å². The van der Waals surface area contributed by atoms with E-state index in [2.05, 4.69) is 6.07 Å². The van der Waals surface area contributed by atoms with E-state index < -0.39 is 22.1 Å². The lowest BCUT2D eigenvalue weighted by atomic mass is 10.1. The number of hydrogen-bond acceptors (Lipinski definition) is 7. The Morgan fingerprint density at radius 2 is 2.03 bits per heavy atom. The third-order valence-corrected chi connectivity index (χ3v) is 8.74. The van der Waals surface area contributed by atoms with E-state index in [0.29, 0.717) is 38.9 Å². The summed E-state index contributed by atoms with van der Waals surface area (Å²) in [6.07, 6.45) is 2.81. The molecule has 3 saturated heterocycles. The molecule has 0 saturated carbocycles. The highest BCUT2D eigenvalue weighted by Crippen LogP contribution is 2.44. The molecule has 4 aliphatic rings. The Bertz CT molecular complexity index is 1180. The number of hydrogen-bond donors (Lipinski definition) is 2. The number of aryl methyl sites for hydroxylation is 1. The molecule has 3 fully saturated rings. The second kappa shape index (κ2) is 8.30. The minimum Gasteiger partial charge on any atom is -0.330 e. The van der Waals surface area contributed by atoms with Gasteiger partial charge in [0, 0.05) is 25.7 Å². The lowest BCUT2D eigenvalue weighted by molar-refractivity contribution is -0.141. The van der Waals surface area contributed by atoms with Crippen LogP contribution in [-0.2, 0) is 26.0 Å². The highest BCUT2D eigenvalue weighted by molar-refractivity contribution is 7.89. The third-order valence-electron chi connectivity index (χ3n) is 7.83. The van der Waals surface area contributed by atoms with Gasteiger partial charge in [-0.1, -0.05) is 13.0 Å². The van der Waals surface area contributed by atoms with E-state index in [1.54, 1.807) is 17.0 Å². The molecule has 6 atom stereocenters. The second-order valence-corrected chi connectivity index (χ2v) is 11.7. The molecule has 0 spiro atoms. The number of nitriles is 1. The number of sulfonamides is 1. The molecule has 2 amide bonds. The fourth-order valence-electron chi connectivity index (χ4n) is 6.29. The van der Waals surface area contributed by atoms with Gasteiger partial charge in [0.25, 0.3) is 0 Å². The Morgan fingerprint density at radius 3 is 2.71 bits per heavy atom. The maximum absolute atomic E-state index is 13.3. The molecule has 11 heteroatoms. The van der Waals surface area contributed by atoms with Crippen molar-refractivity contribution in [3.8, 4) is 6.07 Å². The van der Waals surface area contributed by atoms with Crippen molar-refractivity contribution in [1.82, 2.24) is 14.7 Å². The summed E-state index contributed by atoms with van der Waals surface area (Å²) in [6, 6.07) is 5.56. The molecule has 1 aromatic carbocycles. The Labute approximate surface area is 199 Å². The first-order valence-electron chi connectivity index (χ1n) is 11.8. The first kappa shape index (κ1) is 23.2. The van der Waals surface area contributed by atoms with Gasteiger partial charge in [0.2, 0.25) is 21.8 Å². The van der Waals surface area contributed by atoms with Crippen molar-refractivity contribution in [2.45, 2.75) is 67.7 Å². The summed E-state index contributed by atoms with van der Waals surface area (Å²) < 4.78 is 23.4. The number of piperazine rings is 1.